The van der Waals surface area contributed by atoms with Gasteiger partial charge in [0.1, 0.15) is 12.0 Å². The fourth-order valence-corrected chi connectivity index (χ4v) is 5.06. The standard InChI is InChI=1S/C12H22.C11H10N2O4S/c1-3-7-11(8-4-1)12-9-5-2-6-10-12;14-9(15)5-6-10(16)17-18-11-12-7-3-1-2-4-8(7)13-11/h11-12H,1-10H2;1-4H,5-6H2,(H,12,13)(H,14,15). The quantitative estimate of drug-likeness (QED) is 0.534. The number of aliphatic carboxylic acids is 1. The minimum absolute atomic E-state index is 0.150. The molecule has 2 saturated carbocycles. The van der Waals surface area contributed by atoms with Crippen LogP contribution in [0.25, 0.3) is 11.0 Å². The lowest BCUT2D eigenvalue weighted by atomic mass is 9.73. The molecule has 6 nitrogen and oxygen atoms in total. The molecule has 0 atom stereocenters. The maximum absolute atomic E-state index is 11.2. The molecule has 0 unspecified atom stereocenters. The molecule has 0 bridgehead atoms. The SMILES string of the molecule is C1CCC(C2CCCCC2)CC1.O=C(O)CCC(=O)OSc1nc2ccccc2[nH]1. The second kappa shape index (κ2) is 12.0. The number of carbonyl (C=O) groups excluding carboxylic acids is 1. The molecular weight excluding hydrogens is 400 g/mol. The summed E-state index contributed by atoms with van der Waals surface area (Å²) in [7, 11) is 0. The van der Waals surface area contributed by atoms with Crippen LogP contribution in [-0.2, 0) is 13.8 Å². The smallest absolute Gasteiger partial charge is 0.318 e. The number of rotatable bonds is 6. The molecular formula is C23H32N2O4S. The number of nitrogens with one attached hydrogen (secondary N) is 1. The van der Waals surface area contributed by atoms with Crippen molar-refractivity contribution < 1.29 is 18.9 Å². The van der Waals surface area contributed by atoms with E-state index in [2.05, 4.69) is 9.97 Å². The van der Waals surface area contributed by atoms with Gasteiger partial charge in [0.15, 0.2) is 0 Å². The third kappa shape index (κ3) is 7.35. The van der Waals surface area contributed by atoms with Crippen LogP contribution in [0.15, 0.2) is 29.4 Å². The van der Waals surface area contributed by atoms with Crippen LogP contribution in [0, 0.1) is 11.8 Å². The van der Waals surface area contributed by atoms with Crippen LogP contribution in [-0.4, -0.2) is 27.0 Å². The zero-order valence-electron chi connectivity index (χ0n) is 17.5. The van der Waals surface area contributed by atoms with E-state index in [-0.39, 0.29) is 12.8 Å². The lowest BCUT2D eigenvalue weighted by Gasteiger charge is -2.32. The van der Waals surface area contributed by atoms with Gasteiger partial charge in [-0.25, -0.2) is 4.98 Å². The number of para-hydroxylation sites is 2. The normalized spacial score (nSPS) is 17.9. The van der Waals surface area contributed by atoms with Gasteiger partial charge < -0.3 is 14.3 Å². The zero-order chi connectivity index (χ0) is 21.2. The predicted molar refractivity (Wildman–Crippen MR) is 118 cm³/mol. The topological polar surface area (TPSA) is 92.3 Å². The van der Waals surface area contributed by atoms with Crippen LogP contribution in [0.2, 0.25) is 0 Å². The van der Waals surface area contributed by atoms with Crippen LogP contribution in [0.1, 0.15) is 77.0 Å². The molecule has 2 aliphatic rings. The fourth-order valence-electron chi connectivity index (χ4n) is 4.52. The first kappa shape index (κ1) is 22.7. The lowest BCUT2D eigenvalue weighted by Crippen LogP contribution is -2.20. The van der Waals surface area contributed by atoms with Gasteiger partial charge in [0, 0.05) is 0 Å². The summed E-state index contributed by atoms with van der Waals surface area (Å²) in [6.07, 6.45) is 15.0. The van der Waals surface area contributed by atoms with Crippen LogP contribution >= 0.6 is 12.0 Å². The number of aromatic amines is 1. The second-order valence-corrected chi connectivity index (χ2v) is 9.01. The summed E-state index contributed by atoms with van der Waals surface area (Å²) < 4.78 is 4.83. The molecule has 2 fully saturated rings. The highest BCUT2D eigenvalue weighted by molar-refractivity contribution is 7.94. The van der Waals surface area contributed by atoms with E-state index in [1.54, 1.807) is 25.7 Å². The Kier molecular flexibility index (Phi) is 9.05. The predicted octanol–water partition coefficient (Wildman–Crippen LogP) is 6.13. The van der Waals surface area contributed by atoms with E-state index < -0.39 is 11.9 Å². The van der Waals surface area contributed by atoms with Crippen LogP contribution in [0.4, 0.5) is 0 Å². The summed E-state index contributed by atoms with van der Waals surface area (Å²) in [6.45, 7) is 0. The first-order valence-electron chi connectivity index (χ1n) is 11.2. The molecule has 164 valence electrons. The van der Waals surface area contributed by atoms with Crippen molar-refractivity contribution in [3.05, 3.63) is 24.3 Å². The molecule has 30 heavy (non-hydrogen) atoms. The third-order valence-corrected chi connectivity index (χ3v) is 6.71. The Labute approximate surface area is 182 Å². The Morgan fingerprint density at radius 1 is 0.967 bits per heavy atom. The highest BCUT2D eigenvalue weighted by Gasteiger charge is 2.24. The molecule has 0 saturated heterocycles. The molecule has 2 aromatic rings. The number of nitrogens with zero attached hydrogens (tertiary/aromatic N) is 1. The summed E-state index contributed by atoms with van der Waals surface area (Å²) >= 11 is 0.797. The Balaban J connectivity index is 0.000000184. The van der Waals surface area contributed by atoms with Gasteiger partial charge in [-0.1, -0.05) is 76.3 Å². The number of fused-ring (bicyclic) bond motifs is 1. The van der Waals surface area contributed by atoms with Crippen molar-refractivity contribution in [2.75, 3.05) is 0 Å². The average Bonchev–Trinajstić information content (AvgIpc) is 3.21. The van der Waals surface area contributed by atoms with Gasteiger partial charge in [0.25, 0.3) is 0 Å². The number of H-pyrrole nitrogens is 1. The van der Waals surface area contributed by atoms with Gasteiger partial charge in [-0.05, 0) is 24.0 Å². The first-order chi connectivity index (χ1) is 14.6. The molecule has 1 aromatic heterocycles. The number of benzene rings is 1. The molecule has 0 spiro atoms. The molecule has 2 N–H and O–H groups in total. The van der Waals surface area contributed by atoms with Crippen molar-refractivity contribution in [3.63, 3.8) is 0 Å². The van der Waals surface area contributed by atoms with Crippen molar-refractivity contribution in [2.45, 2.75) is 82.2 Å². The second-order valence-electron chi connectivity index (χ2n) is 8.29. The van der Waals surface area contributed by atoms with Gasteiger partial charge in [0.05, 0.1) is 23.9 Å². The molecule has 0 aliphatic heterocycles. The van der Waals surface area contributed by atoms with Gasteiger partial charge >= 0.3 is 11.9 Å². The summed E-state index contributed by atoms with van der Waals surface area (Å²) in [4.78, 5) is 28.6. The Morgan fingerprint density at radius 3 is 2.13 bits per heavy atom. The molecule has 0 radical (unpaired) electrons. The molecule has 7 heteroatoms. The minimum Gasteiger partial charge on any atom is -0.481 e. The van der Waals surface area contributed by atoms with E-state index in [1.165, 1.54) is 38.5 Å². The van der Waals surface area contributed by atoms with Gasteiger partial charge in [-0.2, -0.15) is 0 Å². The molecule has 4 rings (SSSR count). The average molecular weight is 433 g/mol. The van der Waals surface area contributed by atoms with Crippen molar-refractivity contribution in [2.24, 2.45) is 11.8 Å². The van der Waals surface area contributed by atoms with Crippen LogP contribution < -0.4 is 0 Å². The lowest BCUT2D eigenvalue weighted by molar-refractivity contribution is -0.141. The summed E-state index contributed by atoms with van der Waals surface area (Å²) in [5.41, 5.74) is 1.63. The van der Waals surface area contributed by atoms with Gasteiger partial charge in [-0.3, -0.25) is 9.59 Å². The number of hydrogen-bond donors (Lipinski definition) is 2. The van der Waals surface area contributed by atoms with Crippen molar-refractivity contribution in [1.29, 1.82) is 0 Å². The molecule has 1 heterocycles. The third-order valence-electron chi connectivity index (χ3n) is 6.09. The maximum atomic E-state index is 11.2. The van der Waals surface area contributed by atoms with Gasteiger partial charge in [-0.15, -0.1) is 0 Å². The fraction of sp³-hybridized carbons (Fsp3) is 0.609. The number of hydrogen-bond acceptors (Lipinski definition) is 5. The number of imidazole rings is 1. The number of aromatic nitrogens is 2. The molecule has 0 amide bonds. The highest BCUT2D eigenvalue weighted by Crippen LogP contribution is 2.37. The van der Waals surface area contributed by atoms with Gasteiger partial charge in [0.2, 0.25) is 5.16 Å². The van der Waals surface area contributed by atoms with E-state index in [9.17, 15) is 9.59 Å². The summed E-state index contributed by atoms with van der Waals surface area (Å²) in [6, 6.07) is 7.42. The van der Waals surface area contributed by atoms with E-state index in [4.69, 9.17) is 9.29 Å². The van der Waals surface area contributed by atoms with Crippen molar-refractivity contribution in [3.8, 4) is 0 Å². The number of carbonyl (C=O) groups is 2. The minimum atomic E-state index is -1.03. The summed E-state index contributed by atoms with van der Waals surface area (Å²) in [5.74, 6) is 0.668. The Hall–Kier alpha value is -2.02. The van der Waals surface area contributed by atoms with E-state index in [0.29, 0.717) is 5.16 Å². The highest BCUT2D eigenvalue weighted by atomic mass is 32.2. The number of carboxylic acids is 1. The Bertz CT molecular complexity index is 761. The van der Waals surface area contributed by atoms with Crippen LogP contribution in [0.3, 0.4) is 0 Å². The summed E-state index contributed by atoms with van der Waals surface area (Å²) in [5, 5.41) is 8.87. The maximum Gasteiger partial charge on any atom is 0.318 e. The Morgan fingerprint density at radius 2 is 1.57 bits per heavy atom. The number of carboxylic acid groups (broad SMARTS) is 1. The van der Waals surface area contributed by atoms with E-state index in [0.717, 1.165) is 34.9 Å². The van der Waals surface area contributed by atoms with Crippen LogP contribution in [0.5, 0.6) is 0 Å². The van der Waals surface area contributed by atoms with Crippen molar-refractivity contribution in [1.82, 2.24) is 9.97 Å². The largest absolute Gasteiger partial charge is 0.481 e. The first-order valence-corrected chi connectivity index (χ1v) is 11.9. The van der Waals surface area contributed by atoms with Crippen molar-refractivity contribution >= 4 is 35.0 Å². The zero-order valence-corrected chi connectivity index (χ0v) is 18.3. The van der Waals surface area contributed by atoms with E-state index in [1.807, 2.05) is 24.3 Å². The molecule has 1 aromatic carbocycles. The molecule has 2 aliphatic carbocycles. The monoisotopic (exact) mass is 432 g/mol. The van der Waals surface area contributed by atoms with E-state index >= 15 is 0 Å².